The number of aryl methyl sites for hydroxylation is 2. The summed E-state index contributed by atoms with van der Waals surface area (Å²) in [5.41, 5.74) is 5.18. The van der Waals surface area contributed by atoms with Crippen LogP contribution >= 0.6 is 0 Å². The number of nitrogens with zero attached hydrogens (tertiary/aromatic N) is 1. The molecule has 2 aromatic rings. The van der Waals surface area contributed by atoms with Crippen molar-refractivity contribution < 1.29 is 9.90 Å². The number of aromatic amines is 1. The molecule has 122 valence electrons. The van der Waals surface area contributed by atoms with Gasteiger partial charge < -0.3 is 10.4 Å². The van der Waals surface area contributed by atoms with Crippen LogP contribution < -0.4 is 5.32 Å². The van der Waals surface area contributed by atoms with E-state index in [0.717, 1.165) is 28.1 Å². The molecule has 0 unspecified atom stereocenters. The summed E-state index contributed by atoms with van der Waals surface area (Å²) in [5, 5.41) is 20.4. The van der Waals surface area contributed by atoms with Crippen molar-refractivity contribution in [2.45, 2.75) is 45.8 Å². The number of hydrogen-bond donors (Lipinski definition) is 3. The Morgan fingerprint density at radius 2 is 2.17 bits per heavy atom. The molecule has 0 saturated carbocycles. The number of aromatic nitrogens is 2. The third kappa shape index (κ3) is 3.01. The van der Waals surface area contributed by atoms with E-state index in [1.165, 1.54) is 0 Å². The first kappa shape index (κ1) is 15.7. The van der Waals surface area contributed by atoms with E-state index in [0.29, 0.717) is 12.8 Å². The van der Waals surface area contributed by atoms with Gasteiger partial charge in [-0.3, -0.25) is 9.89 Å². The molecule has 0 fully saturated rings. The summed E-state index contributed by atoms with van der Waals surface area (Å²) in [6.07, 6.45) is 0.681. The van der Waals surface area contributed by atoms with Crippen molar-refractivity contribution in [2.75, 3.05) is 0 Å². The van der Waals surface area contributed by atoms with Gasteiger partial charge >= 0.3 is 0 Å². The number of aliphatic hydroxyl groups excluding tert-OH is 1. The highest BCUT2D eigenvalue weighted by Gasteiger charge is 2.32. The van der Waals surface area contributed by atoms with Crippen molar-refractivity contribution in [3.63, 3.8) is 0 Å². The van der Waals surface area contributed by atoms with Gasteiger partial charge in [0, 0.05) is 18.0 Å². The van der Waals surface area contributed by atoms with Gasteiger partial charge in [-0.25, -0.2) is 0 Å². The van der Waals surface area contributed by atoms with Crippen LogP contribution in [0.4, 0.5) is 0 Å². The summed E-state index contributed by atoms with van der Waals surface area (Å²) in [4.78, 5) is 12.6. The van der Waals surface area contributed by atoms with E-state index >= 15 is 0 Å². The number of H-pyrrole nitrogens is 1. The van der Waals surface area contributed by atoms with Gasteiger partial charge in [0.25, 0.3) is 0 Å². The standard InChI is InChI=1S/C18H23N3O2/c1-10(8-15-11(2)20-21-12(15)3)18(23)19-17-14-7-5-4-6-13(14)9-16(17)22/h4-7,10,16-17,22H,8-9H2,1-3H3,(H,19,23)(H,20,21)/t10-,16-,17-/m0/s1. The maximum absolute atomic E-state index is 12.6. The van der Waals surface area contributed by atoms with Crippen LogP contribution in [0.15, 0.2) is 24.3 Å². The minimum atomic E-state index is -0.555. The molecule has 0 bridgehead atoms. The van der Waals surface area contributed by atoms with Crippen LogP contribution in [0.5, 0.6) is 0 Å². The molecule has 0 saturated heterocycles. The summed E-state index contributed by atoms with van der Waals surface area (Å²) in [5.74, 6) is -0.212. The normalized spacial score (nSPS) is 21.0. The first-order valence-corrected chi connectivity index (χ1v) is 8.04. The number of aliphatic hydroxyl groups is 1. The zero-order chi connectivity index (χ0) is 16.6. The second-order valence-electron chi connectivity index (χ2n) is 6.47. The molecule has 5 heteroatoms. The quantitative estimate of drug-likeness (QED) is 0.807. The first-order chi connectivity index (χ1) is 11.0. The Kier molecular flexibility index (Phi) is 4.22. The second-order valence-corrected chi connectivity index (χ2v) is 6.47. The van der Waals surface area contributed by atoms with Crippen LogP contribution in [0.2, 0.25) is 0 Å². The molecule has 1 aliphatic carbocycles. The lowest BCUT2D eigenvalue weighted by Gasteiger charge is -2.21. The van der Waals surface area contributed by atoms with Gasteiger partial charge in [0.1, 0.15) is 0 Å². The summed E-state index contributed by atoms with van der Waals surface area (Å²) < 4.78 is 0. The molecular weight excluding hydrogens is 290 g/mol. The summed E-state index contributed by atoms with van der Waals surface area (Å²) in [7, 11) is 0. The molecule has 3 atom stereocenters. The number of benzene rings is 1. The van der Waals surface area contributed by atoms with Gasteiger partial charge in [0.2, 0.25) is 5.91 Å². The summed E-state index contributed by atoms with van der Waals surface area (Å²) >= 11 is 0. The van der Waals surface area contributed by atoms with Crippen LogP contribution in [0.1, 0.15) is 41.0 Å². The largest absolute Gasteiger partial charge is 0.390 e. The lowest BCUT2D eigenvalue weighted by Crippen LogP contribution is -2.37. The molecule has 1 aromatic heterocycles. The average molecular weight is 313 g/mol. The second kappa shape index (κ2) is 6.16. The highest BCUT2D eigenvalue weighted by molar-refractivity contribution is 5.79. The van der Waals surface area contributed by atoms with Crippen molar-refractivity contribution in [3.8, 4) is 0 Å². The van der Waals surface area contributed by atoms with E-state index in [9.17, 15) is 9.90 Å². The highest BCUT2D eigenvalue weighted by Crippen LogP contribution is 2.31. The molecule has 3 N–H and O–H groups in total. The molecule has 0 radical (unpaired) electrons. The van der Waals surface area contributed by atoms with Crippen LogP contribution in [-0.4, -0.2) is 27.3 Å². The molecule has 1 heterocycles. The molecule has 0 aliphatic heterocycles. The topological polar surface area (TPSA) is 78.0 Å². The monoisotopic (exact) mass is 313 g/mol. The van der Waals surface area contributed by atoms with Crippen molar-refractivity contribution >= 4 is 5.91 Å². The number of carbonyl (C=O) groups excluding carboxylic acids is 1. The Labute approximate surface area is 136 Å². The maximum Gasteiger partial charge on any atom is 0.223 e. The van der Waals surface area contributed by atoms with E-state index in [-0.39, 0.29) is 17.9 Å². The first-order valence-electron chi connectivity index (χ1n) is 8.04. The highest BCUT2D eigenvalue weighted by atomic mass is 16.3. The van der Waals surface area contributed by atoms with Gasteiger partial charge in [-0.05, 0) is 37.0 Å². The average Bonchev–Trinajstić information content (AvgIpc) is 3.01. The lowest BCUT2D eigenvalue weighted by atomic mass is 9.98. The summed E-state index contributed by atoms with van der Waals surface area (Å²) in [6.45, 7) is 5.83. The predicted octanol–water partition coefficient (Wildman–Crippen LogP) is 1.98. The number of carbonyl (C=O) groups is 1. The summed E-state index contributed by atoms with van der Waals surface area (Å²) in [6, 6.07) is 7.57. The Morgan fingerprint density at radius 1 is 1.43 bits per heavy atom. The molecule has 1 aromatic carbocycles. The van der Waals surface area contributed by atoms with Crippen LogP contribution in [0.3, 0.4) is 0 Å². The van der Waals surface area contributed by atoms with E-state index in [4.69, 9.17) is 0 Å². The molecule has 3 rings (SSSR count). The zero-order valence-corrected chi connectivity index (χ0v) is 13.8. The predicted molar refractivity (Wildman–Crippen MR) is 88.0 cm³/mol. The zero-order valence-electron chi connectivity index (χ0n) is 13.8. The van der Waals surface area contributed by atoms with Crippen molar-refractivity contribution in [3.05, 3.63) is 52.3 Å². The fourth-order valence-electron chi connectivity index (χ4n) is 3.32. The minimum absolute atomic E-state index is 0.0363. The van der Waals surface area contributed by atoms with E-state index in [1.54, 1.807) is 0 Å². The van der Waals surface area contributed by atoms with E-state index < -0.39 is 6.10 Å². The fraction of sp³-hybridized carbons (Fsp3) is 0.444. The SMILES string of the molecule is Cc1n[nH]c(C)c1C[C@H](C)C(=O)N[C@H]1c2ccccc2C[C@@H]1O. The van der Waals surface area contributed by atoms with Crippen molar-refractivity contribution in [2.24, 2.45) is 5.92 Å². The number of fused-ring (bicyclic) bond motifs is 1. The Balaban J connectivity index is 1.70. The van der Waals surface area contributed by atoms with Gasteiger partial charge in [-0.15, -0.1) is 0 Å². The third-order valence-electron chi connectivity index (χ3n) is 4.74. The lowest BCUT2D eigenvalue weighted by molar-refractivity contribution is -0.126. The van der Waals surface area contributed by atoms with Gasteiger partial charge in [-0.2, -0.15) is 5.10 Å². The van der Waals surface area contributed by atoms with Gasteiger partial charge in [-0.1, -0.05) is 31.2 Å². The van der Waals surface area contributed by atoms with Crippen LogP contribution in [-0.2, 0) is 17.6 Å². The molecule has 23 heavy (non-hydrogen) atoms. The number of hydrogen-bond acceptors (Lipinski definition) is 3. The molecule has 1 aliphatic rings. The molecule has 5 nitrogen and oxygen atoms in total. The fourth-order valence-corrected chi connectivity index (χ4v) is 3.32. The van der Waals surface area contributed by atoms with E-state index in [1.807, 2.05) is 45.0 Å². The Morgan fingerprint density at radius 3 is 2.87 bits per heavy atom. The van der Waals surface area contributed by atoms with Gasteiger partial charge in [0.05, 0.1) is 17.8 Å². The van der Waals surface area contributed by atoms with Crippen molar-refractivity contribution in [1.29, 1.82) is 0 Å². The Bertz CT molecular complexity index is 703. The number of rotatable bonds is 4. The molecule has 1 amide bonds. The van der Waals surface area contributed by atoms with Crippen LogP contribution in [0.25, 0.3) is 0 Å². The van der Waals surface area contributed by atoms with Gasteiger partial charge in [0.15, 0.2) is 0 Å². The van der Waals surface area contributed by atoms with E-state index in [2.05, 4.69) is 15.5 Å². The van der Waals surface area contributed by atoms with Crippen LogP contribution in [0, 0.1) is 19.8 Å². The number of amides is 1. The third-order valence-corrected chi connectivity index (χ3v) is 4.74. The minimum Gasteiger partial charge on any atom is -0.390 e. The number of nitrogens with one attached hydrogen (secondary N) is 2. The molecular formula is C18H23N3O2. The Hall–Kier alpha value is -2.14. The molecule has 0 spiro atoms. The van der Waals surface area contributed by atoms with Crippen molar-refractivity contribution in [1.82, 2.24) is 15.5 Å². The smallest absolute Gasteiger partial charge is 0.223 e. The maximum atomic E-state index is 12.6.